The van der Waals surface area contributed by atoms with Gasteiger partial charge in [-0.2, -0.15) is 13.2 Å². The van der Waals surface area contributed by atoms with Gasteiger partial charge >= 0.3 is 12.1 Å². The molecule has 1 N–H and O–H groups in total. The fraction of sp³-hybridized carbons (Fsp3) is 0.368. The third-order valence-corrected chi connectivity index (χ3v) is 4.94. The van der Waals surface area contributed by atoms with E-state index < -0.39 is 12.1 Å². The van der Waals surface area contributed by atoms with Gasteiger partial charge in [0.2, 0.25) is 5.91 Å². The average Bonchev–Trinajstić information content (AvgIpc) is 3.23. The molecule has 1 amide bonds. The smallest absolute Gasteiger partial charge is 0.475 e. The van der Waals surface area contributed by atoms with E-state index in [1.165, 1.54) is 18.5 Å². The van der Waals surface area contributed by atoms with Crippen molar-refractivity contribution in [2.45, 2.75) is 12.7 Å². The number of carbonyl (C=O) groups excluding carboxylic acids is 1. The van der Waals surface area contributed by atoms with Crippen molar-refractivity contribution >= 4 is 17.6 Å². The molecule has 160 valence electrons. The number of amides is 1. The van der Waals surface area contributed by atoms with Gasteiger partial charge in [-0.25, -0.2) is 19.2 Å². The normalized spacial score (nSPS) is 21.2. The quantitative estimate of drug-likeness (QED) is 0.759. The van der Waals surface area contributed by atoms with Crippen LogP contribution in [0.1, 0.15) is 5.56 Å². The van der Waals surface area contributed by atoms with Gasteiger partial charge in [-0.3, -0.25) is 9.69 Å². The zero-order valence-electron chi connectivity index (χ0n) is 15.6. The summed E-state index contributed by atoms with van der Waals surface area (Å²) in [6.07, 6.45) is -0.250. The van der Waals surface area contributed by atoms with Gasteiger partial charge in [0.1, 0.15) is 12.1 Å². The number of aliphatic carboxylic acids is 1. The molecule has 0 bridgehead atoms. The Bertz CT molecular complexity index is 893. The molecule has 0 spiro atoms. The van der Waals surface area contributed by atoms with Gasteiger partial charge < -0.3 is 10.0 Å². The molecule has 2 fully saturated rings. The molecule has 1 aromatic heterocycles. The first-order valence-corrected chi connectivity index (χ1v) is 8.98. The van der Waals surface area contributed by atoms with Crippen molar-refractivity contribution in [3.8, 4) is 0 Å². The lowest BCUT2D eigenvalue weighted by atomic mass is 10.0. The monoisotopic (exact) mass is 426 g/mol. The second kappa shape index (κ2) is 8.74. The number of carboxylic acids is 1. The number of anilines is 1. The van der Waals surface area contributed by atoms with Crippen molar-refractivity contribution in [2.24, 2.45) is 11.8 Å². The lowest BCUT2D eigenvalue weighted by Crippen LogP contribution is -2.32. The molecule has 2 aliphatic heterocycles. The van der Waals surface area contributed by atoms with Crippen LogP contribution in [-0.2, 0) is 16.1 Å². The number of benzene rings is 1. The van der Waals surface area contributed by atoms with Gasteiger partial charge in [0.25, 0.3) is 0 Å². The van der Waals surface area contributed by atoms with Gasteiger partial charge in [-0.05, 0) is 17.7 Å². The molecule has 0 saturated carbocycles. The molecule has 2 aromatic rings. The molecule has 4 rings (SSSR count). The number of likely N-dealkylation sites (tertiary alicyclic amines) is 1. The van der Waals surface area contributed by atoms with Crippen LogP contribution in [0.4, 0.5) is 23.2 Å². The van der Waals surface area contributed by atoms with E-state index in [0.29, 0.717) is 5.92 Å². The molecular weight excluding hydrogens is 408 g/mol. The highest BCUT2D eigenvalue weighted by Gasteiger charge is 2.46. The van der Waals surface area contributed by atoms with E-state index >= 15 is 0 Å². The van der Waals surface area contributed by atoms with Crippen molar-refractivity contribution in [1.82, 2.24) is 14.9 Å². The minimum Gasteiger partial charge on any atom is -0.475 e. The van der Waals surface area contributed by atoms with E-state index in [1.54, 1.807) is 29.4 Å². The molecule has 1 aromatic carbocycles. The van der Waals surface area contributed by atoms with Crippen LogP contribution in [0.2, 0.25) is 0 Å². The number of aromatic nitrogens is 2. The third kappa shape index (κ3) is 5.09. The number of alkyl halides is 3. The standard InChI is InChI=1S/C17H17FN4O.C2HF3O2/c18-14-3-1-12(2-4-14)7-21-8-13-9-22(17(23)16(13)10-21)15-5-19-11-20-6-15;3-2(4,5)1(6)7/h1-6,11,13,16H,7-10H2;(H,6,7)/t13-,16-;/m0./s1. The number of fused-ring (bicyclic) bond motifs is 1. The van der Waals surface area contributed by atoms with Crippen LogP contribution in [0.3, 0.4) is 0 Å². The fourth-order valence-corrected chi connectivity index (χ4v) is 3.59. The maximum Gasteiger partial charge on any atom is 0.490 e. The topological polar surface area (TPSA) is 86.6 Å². The summed E-state index contributed by atoms with van der Waals surface area (Å²) in [6, 6.07) is 6.57. The van der Waals surface area contributed by atoms with Crippen LogP contribution in [0.5, 0.6) is 0 Å². The number of carboxylic acid groups (broad SMARTS) is 1. The summed E-state index contributed by atoms with van der Waals surface area (Å²) < 4.78 is 44.7. The summed E-state index contributed by atoms with van der Waals surface area (Å²) in [5.41, 5.74) is 1.85. The Morgan fingerprint density at radius 2 is 1.70 bits per heavy atom. The SMILES string of the molecule is O=C(O)C(F)(F)F.O=C1[C@H]2CN(Cc3ccc(F)cc3)C[C@H]2CN1c1cncnc1. The molecule has 0 aliphatic carbocycles. The number of carbonyl (C=O) groups is 2. The minimum atomic E-state index is -5.08. The highest BCUT2D eigenvalue weighted by molar-refractivity contribution is 5.97. The number of hydrogen-bond acceptors (Lipinski definition) is 5. The maximum absolute atomic E-state index is 13.0. The number of hydrogen-bond donors (Lipinski definition) is 1. The zero-order valence-corrected chi connectivity index (χ0v) is 15.6. The summed E-state index contributed by atoms with van der Waals surface area (Å²) in [6.45, 7) is 3.12. The summed E-state index contributed by atoms with van der Waals surface area (Å²) >= 11 is 0. The van der Waals surface area contributed by atoms with Gasteiger partial charge in [0, 0.05) is 32.1 Å². The number of rotatable bonds is 3. The lowest BCUT2D eigenvalue weighted by Gasteiger charge is -2.21. The zero-order chi connectivity index (χ0) is 21.9. The van der Waals surface area contributed by atoms with Crippen molar-refractivity contribution in [1.29, 1.82) is 0 Å². The molecule has 0 unspecified atom stereocenters. The first-order chi connectivity index (χ1) is 14.1. The highest BCUT2D eigenvalue weighted by atomic mass is 19.4. The molecule has 2 aliphatic rings. The number of nitrogens with zero attached hydrogens (tertiary/aromatic N) is 4. The van der Waals surface area contributed by atoms with Gasteiger partial charge in [-0.1, -0.05) is 12.1 Å². The Balaban J connectivity index is 0.000000318. The van der Waals surface area contributed by atoms with E-state index in [4.69, 9.17) is 9.90 Å². The first kappa shape index (κ1) is 21.6. The van der Waals surface area contributed by atoms with Gasteiger partial charge in [0.05, 0.1) is 24.0 Å². The second-order valence-electron chi connectivity index (χ2n) is 7.04. The molecular formula is C19H18F4N4O3. The molecule has 3 heterocycles. The van der Waals surface area contributed by atoms with E-state index in [0.717, 1.165) is 37.4 Å². The molecule has 7 nitrogen and oxygen atoms in total. The number of halogens is 4. The molecule has 2 saturated heterocycles. The van der Waals surface area contributed by atoms with E-state index in [1.807, 2.05) is 0 Å². The Morgan fingerprint density at radius 1 is 1.10 bits per heavy atom. The first-order valence-electron chi connectivity index (χ1n) is 8.98. The lowest BCUT2D eigenvalue weighted by molar-refractivity contribution is -0.192. The fourth-order valence-electron chi connectivity index (χ4n) is 3.59. The largest absolute Gasteiger partial charge is 0.490 e. The van der Waals surface area contributed by atoms with Gasteiger partial charge in [0.15, 0.2) is 0 Å². The van der Waals surface area contributed by atoms with Crippen LogP contribution in [0.25, 0.3) is 0 Å². The van der Waals surface area contributed by atoms with Crippen LogP contribution in [-0.4, -0.2) is 57.7 Å². The Hall–Kier alpha value is -3.08. The van der Waals surface area contributed by atoms with E-state index in [-0.39, 0.29) is 17.6 Å². The summed E-state index contributed by atoms with van der Waals surface area (Å²) in [7, 11) is 0. The van der Waals surface area contributed by atoms with Gasteiger partial charge in [-0.15, -0.1) is 0 Å². The molecule has 2 atom stereocenters. The summed E-state index contributed by atoms with van der Waals surface area (Å²) in [4.78, 5) is 33.6. The Kier molecular flexibility index (Phi) is 6.30. The Labute approximate surface area is 169 Å². The van der Waals surface area contributed by atoms with Crippen LogP contribution >= 0.6 is 0 Å². The van der Waals surface area contributed by atoms with E-state index in [2.05, 4.69) is 14.9 Å². The highest BCUT2D eigenvalue weighted by Crippen LogP contribution is 2.35. The van der Waals surface area contributed by atoms with Crippen LogP contribution in [0.15, 0.2) is 43.0 Å². The van der Waals surface area contributed by atoms with Crippen molar-refractivity contribution < 1.29 is 32.3 Å². The predicted molar refractivity (Wildman–Crippen MR) is 96.7 cm³/mol. The van der Waals surface area contributed by atoms with E-state index in [9.17, 15) is 22.4 Å². The predicted octanol–water partition coefficient (Wildman–Crippen LogP) is 2.34. The van der Waals surface area contributed by atoms with Crippen molar-refractivity contribution in [2.75, 3.05) is 24.5 Å². The third-order valence-electron chi connectivity index (χ3n) is 4.94. The Morgan fingerprint density at radius 3 is 2.23 bits per heavy atom. The summed E-state index contributed by atoms with van der Waals surface area (Å²) in [5, 5.41) is 7.12. The second-order valence-corrected chi connectivity index (χ2v) is 7.04. The molecule has 11 heteroatoms. The average molecular weight is 426 g/mol. The molecule has 30 heavy (non-hydrogen) atoms. The van der Waals surface area contributed by atoms with Crippen molar-refractivity contribution in [3.05, 3.63) is 54.4 Å². The van der Waals surface area contributed by atoms with Crippen molar-refractivity contribution in [3.63, 3.8) is 0 Å². The van der Waals surface area contributed by atoms with Crippen LogP contribution < -0.4 is 4.90 Å². The van der Waals surface area contributed by atoms with Crippen LogP contribution in [0, 0.1) is 17.7 Å². The molecule has 0 radical (unpaired) electrons. The minimum absolute atomic E-state index is 0.0376. The maximum atomic E-state index is 13.0. The summed E-state index contributed by atoms with van der Waals surface area (Å²) in [5.74, 6) is -2.44.